The van der Waals surface area contributed by atoms with Crippen LogP contribution in [0.2, 0.25) is 0 Å². The van der Waals surface area contributed by atoms with Gasteiger partial charge >= 0.3 is 5.97 Å². The summed E-state index contributed by atoms with van der Waals surface area (Å²) in [4.78, 5) is 11.7. The maximum Gasteiger partial charge on any atom is 0.306 e. The van der Waals surface area contributed by atoms with Crippen LogP contribution in [0.15, 0.2) is 0 Å². The zero-order valence-corrected chi connectivity index (χ0v) is 13.5. The van der Waals surface area contributed by atoms with Gasteiger partial charge in [0.25, 0.3) is 0 Å². The summed E-state index contributed by atoms with van der Waals surface area (Å²) in [6.45, 7) is 1.60. The van der Waals surface area contributed by atoms with Crippen LogP contribution in [0.25, 0.3) is 0 Å². The average Bonchev–Trinajstić information content (AvgIpc) is 3.29. The van der Waals surface area contributed by atoms with Gasteiger partial charge in [-0.2, -0.15) is 0 Å². The SMILES string of the molecule is C[C@@H]1OC(=O)CCCCCCC[C@H]2O[C@H]2[C@H](O)C#CC#C[C@H]1O. The fraction of sp³-hybridized carbons (Fsp3) is 0.722. The van der Waals surface area contributed by atoms with E-state index in [-0.39, 0.29) is 18.2 Å². The number of rotatable bonds is 0. The van der Waals surface area contributed by atoms with Gasteiger partial charge in [-0.3, -0.25) is 4.79 Å². The van der Waals surface area contributed by atoms with Crippen LogP contribution in [0, 0.1) is 23.7 Å². The largest absolute Gasteiger partial charge is 0.459 e. The monoisotopic (exact) mass is 320 g/mol. The molecular formula is C18H24O5. The van der Waals surface area contributed by atoms with Gasteiger partial charge in [-0.05, 0) is 31.6 Å². The molecule has 0 amide bonds. The lowest BCUT2D eigenvalue weighted by molar-refractivity contribution is -0.152. The standard InChI is InChI=1S/C18H24O5/c1-13-14(19)9-7-8-10-15(20)18-16(23-18)11-5-3-2-4-6-12-17(21)22-13/h13-16,18-20H,2-6,11-12H2,1H3/t13-,14+,15+,16+,18-/m0/s1. The van der Waals surface area contributed by atoms with Gasteiger partial charge in [0.1, 0.15) is 18.3 Å². The molecule has 126 valence electrons. The van der Waals surface area contributed by atoms with E-state index in [0.717, 1.165) is 38.5 Å². The maximum absolute atomic E-state index is 11.7. The molecule has 1 saturated heterocycles. The van der Waals surface area contributed by atoms with Crippen molar-refractivity contribution in [1.82, 2.24) is 0 Å². The molecule has 5 heteroatoms. The van der Waals surface area contributed by atoms with E-state index in [2.05, 4.69) is 23.7 Å². The van der Waals surface area contributed by atoms with Crippen molar-refractivity contribution in [3.05, 3.63) is 0 Å². The van der Waals surface area contributed by atoms with E-state index < -0.39 is 18.3 Å². The number of esters is 1. The van der Waals surface area contributed by atoms with E-state index in [1.807, 2.05) is 0 Å². The van der Waals surface area contributed by atoms with Crippen LogP contribution in [0.3, 0.4) is 0 Å². The number of aliphatic hydroxyl groups excluding tert-OH is 2. The van der Waals surface area contributed by atoms with Gasteiger partial charge in [-0.15, -0.1) is 0 Å². The first kappa shape index (κ1) is 17.8. The first-order chi connectivity index (χ1) is 11.1. The van der Waals surface area contributed by atoms with Gasteiger partial charge in [-0.25, -0.2) is 0 Å². The molecule has 0 aliphatic carbocycles. The minimum atomic E-state index is -1.09. The van der Waals surface area contributed by atoms with Gasteiger partial charge in [0.15, 0.2) is 6.10 Å². The predicted octanol–water partition coefficient (Wildman–Crippen LogP) is 1.16. The fourth-order valence-corrected chi connectivity index (χ4v) is 2.56. The lowest BCUT2D eigenvalue weighted by Crippen LogP contribution is -2.27. The van der Waals surface area contributed by atoms with Crippen LogP contribution >= 0.6 is 0 Å². The summed E-state index contributed by atoms with van der Waals surface area (Å²) in [5, 5.41) is 19.7. The van der Waals surface area contributed by atoms with Crippen LogP contribution in [0.4, 0.5) is 0 Å². The second-order valence-electron chi connectivity index (χ2n) is 6.07. The van der Waals surface area contributed by atoms with Crippen molar-refractivity contribution in [2.24, 2.45) is 0 Å². The van der Waals surface area contributed by atoms with E-state index in [0.29, 0.717) is 6.42 Å². The first-order valence-electron chi connectivity index (χ1n) is 8.30. The van der Waals surface area contributed by atoms with Crippen LogP contribution < -0.4 is 0 Å². The second kappa shape index (κ2) is 8.93. The molecule has 0 saturated carbocycles. The molecule has 0 spiro atoms. The average molecular weight is 320 g/mol. The smallest absolute Gasteiger partial charge is 0.306 e. The third kappa shape index (κ3) is 6.23. The Hall–Kier alpha value is -1.53. The number of hydrogen-bond acceptors (Lipinski definition) is 5. The molecule has 0 aromatic rings. The number of carbonyl (C=O) groups excluding carboxylic acids is 1. The highest BCUT2D eigenvalue weighted by molar-refractivity contribution is 5.69. The second-order valence-corrected chi connectivity index (χ2v) is 6.07. The molecule has 2 rings (SSSR count). The Morgan fingerprint density at radius 3 is 2.43 bits per heavy atom. The number of hydrogen-bond donors (Lipinski definition) is 2. The number of ether oxygens (including phenoxy) is 2. The van der Waals surface area contributed by atoms with E-state index in [1.54, 1.807) is 6.92 Å². The molecular weight excluding hydrogens is 296 g/mol. The molecule has 2 N–H and O–H groups in total. The first-order valence-corrected chi connectivity index (χ1v) is 8.30. The lowest BCUT2D eigenvalue weighted by Gasteiger charge is -2.15. The summed E-state index contributed by atoms with van der Waals surface area (Å²) in [5.74, 6) is 9.81. The lowest BCUT2D eigenvalue weighted by atomic mass is 10.1. The van der Waals surface area contributed by atoms with Gasteiger partial charge < -0.3 is 19.7 Å². The fourth-order valence-electron chi connectivity index (χ4n) is 2.56. The highest BCUT2D eigenvalue weighted by atomic mass is 16.6. The van der Waals surface area contributed by atoms with Crippen LogP contribution in [-0.2, 0) is 14.3 Å². The number of cyclic esters (lactones) is 1. The summed E-state index contributed by atoms with van der Waals surface area (Å²) in [6.07, 6.45) is 3.51. The van der Waals surface area contributed by atoms with Gasteiger partial charge in [0, 0.05) is 6.42 Å². The van der Waals surface area contributed by atoms with Crippen LogP contribution in [0.1, 0.15) is 51.9 Å². The summed E-state index contributed by atoms with van der Waals surface area (Å²) in [7, 11) is 0. The topological polar surface area (TPSA) is 79.3 Å². The van der Waals surface area contributed by atoms with Crippen molar-refractivity contribution < 1.29 is 24.5 Å². The quantitative estimate of drug-likeness (QED) is 0.398. The zero-order chi connectivity index (χ0) is 16.7. The van der Waals surface area contributed by atoms with Crippen molar-refractivity contribution in [3.63, 3.8) is 0 Å². The van der Waals surface area contributed by atoms with E-state index in [4.69, 9.17) is 9.47 Å². The summed E-state index contributed by atoms with van der Waals surface area (Å²) in [5.41, 5.74) is 0. The third-order valence-electron chi connectivity index (χ3n) is 4.07. The van der Waals surface area contributed by atoms with E-state index in [1.165, 1.54) is 0 Å². The van der Waals surface area contributed by atoms with Crippen molar-refractivity contribution in [2.75, 3.05) is 0 Å². The van der Waals surface area contributed by atoms with Crippen molar-refractivity contribution >= 4 is 5.97 Å². The molecule has 2 heterocycles. The molecule has 0 aromatic heterocycles. The highest BCUT2D eigenvalue weighted by Gasteiger charge is 2.43. The maximum atomic E-state index is 11.7. The molecule has 1 fully saturated rings. The minimum absolute atomic E-state index is 0.0896. The molecule has 2 aliphatic rings. The van der Waals surface area contributed by atoms with Gasteiger partial charge in [0.05, 0.1) is 6.10 Å². The third-order valence-corrected chi connectivity index (χ3v) is 4.07. The Balaban J connectivity index is 1.94. The van der Waals surface area contributed by atoms with Gasteiger partial charge in [0.2, 0.25) is 0 Å². The predicted molar refractivity (Wildman–Crippen MR) is 84.1 cm³/mol. The Morgan fingerprint density at radius 1 is 1.00 bits per heavy atom. The Kier molecular flexibility index (Phi) is 6.92. The molecule has 0 aromatic carbocycles. The van der Waals surface area contributed by atoms with Crippen molar-refractivity contribution in [3.8, 4) is 23.7 Å². The minimum Gasteiger partial charge on any atom is -0.459 e. The molecule has 2 aliphatic heterocycles. The number of aliphatic hydroxyl groups is 2. The Bertz CT molecular complexity index is 521. The Labute approximate surface area is 137 Å². The van der Waals surface area contributed by atoms with E-state index >= 15 is 0 Å². The van der Waals surface area contributed by atoms with Crippen molar-refractivity contribution in [2.45, 2.75) is 82.4 Å². The Morgan fingerprint density at radius 2 is 1.65 bits per heavy atom. The molecule has 0 bridgehead atoms. The summed E-state index contributed by atoms with van der Waals surface area (Å²) in [6, 6.07) is 0. The van der Waals surface area contributed by atoms with Gasteiger partial charge in [-0.1, -0.05) is 37.5 Å². The summed E-state index contributed by atoms with van der Waals surface area (Å²) < 4.78 is 10.6. The van der Waals surface area contributed by atoms with Crippen molar-refractivity contribution in [1.29, 1.82) is 0 Å². The molecule has 5 nitrogen and oxygen atoms in total. The molecule has 5 atom stereocenters. The molecule has 0 radical (unpaired) electrons. The molecule has 0 unspecified atom stereocenters. The molecule has 23 heavy (non-hydrogen) atoms. The van der Waals surface area contributed by atoms with Crippen LogP contribution in [0.5, 0.6) is 0 Å². The number of epoxide rings is 1. The number of carbonyl (C=O) groups is 1. The normalized spacial score (nSPS) is 36.0. The van der Waals surface area contributed by atoms with Crippen LogP contribution in [-0.4, -0.2) is 46.7 Å². The number of fused-ring (bicyclic) bond motifs is 1. The highest BCUT2D eigenvalue weighted by Crippen LogP contribution is 2.30. The van der Waals surface area contributed by atoms with E-state index in [9.17, 15) is 15.0 Å². The zero-order valence-electron chi connectivity index (χ0n) is 13.5. The summed E-state index contributed by atoms with van der Waals surface area (Å²) >= 11 is 0.